The number of carbonyl (C=O) groups excluding carboxylic acids is 2. The quantitative estimate of drug-likeness (QED) is 0.137. The molecule has 3 saturated heterocycles. The van der Waals surface area contributed by atoms with Gasteiger partial charge in [-0.25, -0.2) is 0 Å². The van der Waals surface area contributed by atoms with Crippen LogP contribution in [0, 0.1) is 50.7 Å². The van der Waals surface area contributed by atoms with Gasteiger partial charge in [-0.1, -0.05) is 39.3 Å². The van der Waals surface area contributed by atoms with Gasteiger partial charge in [0.2, 0.25) is 0 Å². The van der Waals surface area contributed by atoms with E-state index in [2.05, 4.69) is 26.8 Å². The summed E-state index contributed by atoms with van der Waals surface area (Å²) < 4.78 is 28.9. The SMILES string of the molecule is C[C@@H]1O[C@@H](O[C@H]2[C@H](O)[C@@H](O)[C@H](OC[C@H]3O[C@@H](C(=O)[C@@]45CC=C6[C@@H]7CC[C@H]8C(C)(C)C(=O)CC[C@]8(C)[C@H]7CC[C@@H]6[C@]4(C)C[C@](C)(C(=O)O)CC5)[C@H](O)[C@@H](O)[C@@H]3O)O[C@@H]2CO)[C@H](O)[C@H](O)[C@H]1O. The number of aliphatic carboxylic acids is 1. The molecular weight excluding hydrogens is 852 g/mol. The standard InChI is InChI=1S/C47H72O18/c1-20-29(50)31(52)35(56)41(62-20)65-37-25(17-48)64-40(36(57)34(37)55)61-18-26-30(51)32(53)33(54)38(63-26)39(58)47-14-11-22-21-7-10-27-43(2,3)28(49)12-13-45(27,5)23(21)8-9-24(22)46(47,6)19-44(4,15-16-47)42(59)60/h11,20-21,23-27,29-38,40-41,48,50-57H,7-10,12-19H2,1-6H3,(H,59,60)/t20-,21-,23-,24-,25+,26+,27-,29-,30+,31+,32-,33+,34+,35+,36+,37+,38+,40+,41-,44+,45+,46-,47-/m0/s1. The molecule has 0 bridgehead atoms. The van der Waals surface area contributed by atoms with Crippen molar-refractivity contribution in [3.8, 4) is 0 Å². The van der Waals surface area contributed by atoms with Crippen molar-refractivity contribution < 1.29 is 89.1 Å². The van der Waals surface area contributed by atoms with Gasteiger partial charge in [-0.15, -0.1) is 0 Å². The van der Waals surface area contributed by atoms with Crippen LogP contribution in [-0.2, 0) is 38.1 Å². The first-order valence-electron chi connectivity index (χ1n) is 23.7. The Morgan fingerprint density at radius 2 is 1.43 bits per heavy atom. The lowest BCUT2D eigenvalue weighted by Crippen LogP contribution is -2.67. The van der Waals surface area contributed by atoms with Gasteiger partial charge in [-0.2, -0.15) is 0 Å². The summed E-state index contributed by atoms with van der Waals surface area (Å²) in [5.41, 5.74) is -2.52. The molecular formula is C47H72O18. The average Bonchev–Trinajstić information content (AvgIpc) is 3.26. The lowest BCUT2D eigenvalue weighted by atomic mass is 9.37. The largest absolute Gasteiger partial charge is 0.481 e. The van der Waals surface area contributed by atoms with E-state index in [1.165, 1.54) is 12.5 Å². The molecule has 0 aromatic carbocycles. The van der Waals surface area contributed by atoms with Crippen molar-refractivity contribution in [2.24, 2.45) is 50.7 Å². The van der Waals surface area contributed by atoms with Crippen LogP contribution in [0.4, 0.5) is 0 Å². The number of aliphatic hydroxyl groups is 9. The van der Waals surface area contributed by atoms with E-state index in [1.807, 2.05) is 6.92 Å². The average molecular weight is 925 g/mol. The van der Waals surface area contributed by atoms with Crippen molar-refractivity contribution >= 4 is 17.5 Å². The number of carbonyl (C=O) groups is 3. The van der Waals surface area contributed by atoms with E-state index in [0.717, 1.165) is 25.7 Å². The van der Waals surface area contributed by atoms with Crippen LogP contribution >= 0.6 is 0 Å². The zero-order chi connectivity index (χ0) is 47.5. The number of Topliss-reactive ketones (excluding diaryl/α,β-unsaturated/α-hetero) is 2. The van der Waals surface area contributed by atoms with E-state index in [9.17, 15) is 60.7 Å². The number of carboxylic acids is 1. The third kappa shape index (κ3) is 7.63. The number of ether oxygens (including phenoxy) is 5. The third-order valence-electron chi connectivity index (χ3n) is 18.7. The second-order valence-electron chi connectivity index (χ2n) is 22.3. The van der Waals surface area contributed by atoms with E-state index in [-0.39, 0.29) is 48.9 Å². The first kappa shape index (κ1) is 49.4. The molecule has 18 heteroatoms. The number of rotatable bonds is 9. The number of fused-ring (bicyclic) bond motifs is 7. The molecule has 368 valence electrons. The monoisotopic (exact) mass is 924 g/mol. The van der Waals surface area contributed by atoms with Crippen LogP contribution in [0.5, 0.6) is 0 Å². The van der Waals surface area contributed by atoms with E-state index in [0.29, 0.717) is 24.5 Å². The zero-order valence-corrected chi connectivity index (χ0v) is 38.3. The topological polar surface area (TPSA) is 300 Å². The van der Waals surface area contributed by atoms with Gasteiger partial charge >= 0.3 is 5.97 Å². The molecule has 0 radical (unpaired) electrons. The lowest BCUT2D eigenvalue weighted by molar-refractivity contribution is -0.359. The Hall–Kier alpha value is -2.01. The molecule has 0 aromatic rings. The number of allylic oxidation sites excluding steroid dienone is 2. The fourth-order valence-corrected chi connectivity index (χ4v) is 14.7. The Balaban J connectivity index is 1.02. The summed E-state index contributed by atoms with van der Waals surface area (Å²) in [7, 11) is 0. The molecule has 0 amide bonds. The molecule has 18 nitrogen and oxygen atoms in total. The van der Waals surface area contributed by atoms with Crippen molar-refractivity contribution in [2.75, 3.05) is 13.2 Å². The first-order valence-corrected chi connectivity index (χ1v) is 23.7. The molecule has 0 unspecified atom stereocenters. The molecule has 10 N–H and O–H groups in total. The minimum atomic E-state index is -1.89. The molecule has 8 aliphatic rings. The van der Waals surface area contributed by atoms with E-state index >= 15 is 4.79 Å². The molecule has 7 fully saturated rings. The summed E-state index contributed by atoms with van der Waals surface area (Å²) in [5, 5.41) is 108. The van der Waals surface area contributed by atoms with E-state index in [4.69, 9.17) is 23.7 Å². The molecule has 8 rings (SSSR count). The molecule has 0 spiro atoms. The minimum absolute atomic E-state index is 0.0546. The van der Waals surface area contributed by atoms with Gasteiger partial charge in [-0.3, -0.25) is 14.4 Å². The highest BCUT2D eigenvalue weighted by Gasteiger charge is 2.69. The Labute approximate surface area is 379 Å². The normalized spacial score (nSPS) is 53.1. The van der Waals surface area contributed by atoms with Crippen molar-refractivity contribution in [1.82, 2.24) is 0 Å². The van der Waals surface area contributed by atoms with Gasteiger partial charge in [0.1, 0.15) is 79.0 Å². The maximum atomic E-state index is 15.4. The van der Waals surface area contributed by atoms with Crippen LogP contribution in [0.2, 0.25) is 0 Å². The molecule has 3 heterocycles. The second-order valence-corrected chi connectivity index (χ2v) is 22.3. The van der Waals surface area contributed by atoms with Gasteiger partial charge < -0.3 is 74.7 Å². The van der Waals surface area contributed by atoms with Gasteiger partial charge in [0.25, 0.3) is 0 Å². The van der Waals surface area contributed by atoms with Gasteiger partial charge in [-0.05, 0) is 106 Å². The second kappa shape index (κ2) is 17.4. The number of carboxylic acid groups (broad SMARTS) is 1. The molecule has 3 aliphatic heterocycles. The highest BCUT2D eigenvalue weighted by molar-refractivity contribution is 5.92. The fraction of sp³-hybridized carbons (Fsp3) is 0.894. The zero-order valence-electron chi connectivity index (χ0n) is 38.3. The highest BCUT2D eigenvalue weighted by Crippen LogP contribution is 2.72. The number of ketones is 2. The first-order chi connectivity index (χ1) is 30.4. The summed E-state index contributed by atoms with van der Waals surface area (Å²) in [6, 6.07) is 0. The Morgan fingerprint density at radius 1 is 0.754 bits per heavy atom. The van der Waals surface area contributed by atoms with Gasteiger partial charge in [0.05, 0.1) is 24.7 Å². The van der Waals surface area contributed by atoms with Gasteiger partial charge in [0.15, 0.2) is 18.4 Å². The van der Waals surface area contributed by atoms with Crippen molar-refractivity contribution in [3.63, 3.8) is 0 Å². The van der Waals surface area contributed by atoms with Crippen LogP contribution in [0.1, 0.15) is 106 Å². The van der Waals surface area contributed by atoms with E-state index < -0.39 is 139 Å². The summed E-state index contributed by atoms with van der Waals surface area (Å²) in [6.07, 6.45) is -16.8. The predicted molar refractivity (Wildman–Crippen MR) is 224 cm³/mol. The lowest BCUT2D eigenvalue weighted by Gasteiger charge is -2.66. The van der Waals surface area contributed by atoms with Crippen LogP contribution in [-0.4, -0.2) is 174 Å². The third-order valence-corrected chi connectivity index (χ3v) is 18.7. The summed E-state index contributed by atoms with van der Waals surface area (Å²) in [6.45, 7) is 10.3. The molecule has 0 aromatic heterocycles. The van der Waals surface area contributed by atoms with Crippen molar-refractivity contribution in [2.45, 2.75) is 198 Å². The van der Waals surface area contributed by atoms with E-state index in [1.54, 1.807) is 6.92 Å². The maximum absolute atomic E-state index is 15.4. The molecule has 65 heavy (non-hydrogen) atoms. The number of hydrogen-bond donors (Lipinski definition) is 10. The Morgan fingerprint density at radius 3 is 2.11 bits per heavy atom. The van der Waals surface area contributed by atoms with Crippen molar-refractivity contribution in [3.05, 3.63) is 11.6 Å². The summed E-state index contributed by atoms with van der Waals surface area (Å²) in [5.74, 6) is -0.540. The van der Waals surface area contributed by atoms with Crippen molar-refractivity contribution in [1.29, 1.82) is 0 Å². The Bertz CT molecular complexity index is 1860. The van der Waals surface area contributed by atoms with Crippen LogP contribution < -0.4 is 0 Å². The summed E-state index contributed by atoms with van der Waals surface area (Å²) >= 11 is 0. The number of hydrogen-bond acceptors (Lipinski definition) is 17. The fourth-order valence-electron chi connectivity index (χ4n) is 14.7. The van der Waals surface area contributed by atoms with Crippen LogP contribution in [0.15, 0.2) is 11.6 Å². The predicted octanol–water partition coefficient (Wildman–Crippen LogP) is 0.119. The molecule has 5 aliphatic carbocycles. The minimum Gasteiger partial charge on any atom is -0.481 e. The molecule has 4 saturated carbocycles. The smallest absolute Gasteiger partial charge is 0.309 e. The molecule has 23 atom stereocenters. The Kier molecular flexibility index (Phi) is 13.3. The van der Waals surface area contributed by atoms with Crippen LogP contribution in [0.25, 0.3) is 0 Å². The maximum Gasteiger partial charge on any atom is 0.309 e. The van der Waals surface area contributed by atoms with Crippen LogP contribution in [0.3, 0.4) is 0 Å². The number of aliphatic hydroxyl groups excluding tert-OH is 9. The van der Waals surface area contributed by atoms with Gasteiger partial charge in [0, 0.05) is 17.3 Å². The summed E-state index contributed by atoms with van der Waals surface area (Å²) in [4.78, 5) is 41.6. The highest BCUT2D eigenvalue weighted by atomic mass is 16.7.